The minimum Gasteiger partial charge on any atom is -0.322 e. The van der Waals surface area contributed by atoms with Crippen LogP contribution in [0.25, 0.3) is 0 Å². The largest absolute Gasteiger partial charge is 0.322 e. The average Bonchev–Trinajstić information content (AvgIpc) is 2.94. The quantitative estimate of drug-likeness (QED) is 0.828. The molecule has 1 aliphatic rings. The molecule has 1 heterocycles. The number of carbonyl (C=O) groups is 2. The van der Waals surface area contributed by atoms with E-state index >= 15 is 0 Å². The maximum Gasteiger partial charge on any atom is 0.258 e. The van der Waals surface area contributed by atoms with Gasteiger partial charge in [-0.3, -0.25) is 9.59 Å². The van der Waals surface area contributed by atoms with Crippen LogP contribution in [0.5, 0.6) is 0 Å². The van der Waals surface area contributed by atoms with E-state index in [1.165, 1.54) is 4.88 Å². The smallest absolute Gasteiger partial charge is 0.258 e. The van der Waals surface area contributed by atoms with Crippen LogP contribution in [0.15, 0.2) is 24.3 Å². The maximum atomic E-state index is 12.9. The topological polar surface area (TPSA) is 58.2 Å². The lowest BCUT2D eigenvalue weighted by atomic mass is 9.95. The molecule has 0 fully saturated rings. The Morgan fingerprint density at radius 1 is 1.04 bits per heavy atom. The summed E-state index contributed by atoms with van der Waals surface area (Å²) in [5.41, 5.74) is 3.68. The van der Waals surface area contributed by atoms with Gasteiger partial charge in [0.2, 0.25) is 5.91 Å². The van der Waals surface area contributed by atoms with Crippen LogP contribution in [-0.2, 0) is 17.6 Å². The molecule has 0 unspecified atom stereocenters. The lowest BCUT2D eigenvalue weighted by molar-refractivity contribution is -0.118. The van der Waals surface area contributed by atoms with E-state index in [0.29, 0.717) is 10.6 Å². The summed E-state index contributed by atoms with van der Waals surface area (Å²) in [6, 6.07) is 7.75. The first-order chi connectivity index (χ1) is 12.0. The second-order valence-electron chi connectivity index (χ2n) is 6.88. The second kappa shape index (κ2) is 7.40. The second-order valence-corrected chi connectivity index (χ2v) is 7.98. The number of benzene rings is 1. The number of rotatable bonds is 4. The van der Waals surface area contributed by atoms with E-state index < -0.39 is 0 Å². The Balaban J connectivity index is 1.92. The Labute approximate surface area is 152 Å². The van der Waals surface area contributed by atoms with Gasteiger partial charge in [-0.05, 0) is 50.3 Å². The first-order valence-corrected chi connectivity index (χ1v) is 9.60. The van der Waals surface area contributed by atoms with Gasteiger partial charge in [0.05, 0.1) is 5.56 Å². The van der Waals surface area contributed by atoms with E-state index in [0.717, 1.165) is 42.5 Å². The van der Waals surface area contributed by atoms with Crippen molar-refractivity contribution in [3.8, 4) is 0 Å². The van der Waals surface area contributed by atoms with Crippen molar-refractivity contribution in [2.75, 3.05) is 10.6 Å². The Bertz CT molecular complexity index is 791. The number of fused-ring (bicyclic) bond motifs is 1. The van der Waals surface area contributed by atoms with E-state index in [2.05, 4.69) is 10.6 Å². The highest BCUT2D eigenvalue weighted by molar-refractivity contribution is 7.17. The van der Waals surface area contributed by atoms with Crippen LogP contribution in [0, 0.1) is 12.8 Å². The fourth-order valence-corrected chi connectivity index (χ4v) is 4.27. The standard InChI is InChI=1S/C20H24N2O2S/c1-12(2)18(23)22-20-17(15-6-4-5-7-16(15)25-20)19(24)21-14-10-8-13(3)9-11-14/h8-12H,4-7H2,1-3H3,(H,21,24)(H,22,23). The number of thiophene rings is 1. The third kappa shape index (κ3) is 3.93. The van der Waals surface area contributed by atoms with Gasteiger partial charge in [0.1, 0.15) is 5.00 Å². The zero-order chi connectivity index (χ0) is 18.0. The molecular weight excluding hydrogens is 332 g/mol. The Kier molecular flexibility index (Phi) is 5.23. The first-order valence-electron chi connectivity index (χ1n) is 8.79. The normalized spacial score (nSPS) is 13.4. The molecule has 2 N–H and O–H groups in total. The van der Waals surface area contributed by atoms with Gasteiger partial charge >= 0.3 is 0 Å². The molecule has 0 aliphatic heterocycles. The molecule has 5 heteroatoms. The predicted octanol–water partition coefficient (Wildman–Crippen LogP) is 4.78. The number of nitrogens with one attached hydrogen (secondary N) is 2. The van der Waals surface area contributed by atoms with Gasteiger partial charge in [-0.15, -0.1) is 11.3 Å². The molecule has 0 spiro atoms. The summed E-state index contributed by atoms with van der Waals surface area (Å²) in [5.74, 6) is -0.308. The number of carbonyl (C=O) groups excluding carboxylic acids is 2. The minimum atomic E-state index is -0.137. The zero-order valence-electron chi connectivity index (χ0n) is 14.9. The van der Waals surface area contributed by atoms with Crippen molar-refractivity contribution >= 4 is 33.8 Å². The van der Waals surface area contributed by atoms with Crippen LogP contribution in [0.2, 0.25) is 0 Å². The van der Waals surface area contributed by atoms with Crippen molar-refractivity contribution in [3.05, 3.63) is 45.8 Å². The van der Waals surface area contributed by atoms with Gasteiger partial charge in [-0.2, -0.15) is 0 Å². The molecule has 0 atom stereocenters. The van der Waals surface area contributed by atoms with E-state index in [9.17, 15) is 9.59 Å². The molecule has 2 amide bonds. The van der Waals surface area contributed by atoms with Gasteiger partial charge < -0.3 is 10.6 Å². The summed E-state index contributed by atoms with van der Waals surface area (Å²) in [5, 5.41) is 6.63. The van der Waals surface area contributed by atoms with E-state index in [4.69, 9.17) is 0 Å². The Morgan fingerprint density at radius 3 is 2.40 bits per heavy atom. The summed E-state index contributed by atoms with van der Waals surface area (Å²) in [6.07, 6.45) is 4.12. The van der Waals surface area contributed by atoms with Crippen LogP contribution in [0.4, 0.5) is 10.7 Å². The van der Waals surface area contributed by atoms with E-state index in [1.54, 1.807) is 11.3 Å². The van der Waals surface area contributed by atoms with Crippen LogP contribution < -0.4 is 10.6 Å². The maximum absolute atomic E-state index is 12.9. The number of hydrogen-bond acceptors (Lipinski definition) is 3. The van der Waals surface area contributed by atoms with Gasteiger partial charge in [0.15, 0.2) is 0 Å². The molecule has 0 radical (unpaired) electrons. The van der Waals surface area contributed by atoms with E-state index in [-0.39, 0.29) is 17.7 Å². The third-order valence-electron chi connectivity index (χ3n) is 4.47. The SMILES string of the molecule is Cc1ccc(NC(=O)c2c(NC(=O)C(C)C)sc3c2CCCC3)cc1. The van der Waals surface area contributed by atoms with Crippen molar-refractivity contribution < 1.29 is 9.59 Å². The van der Waals surface area contributed by atoms with Crippen LogP contribution in [0.3, 0.4) is 0 Å². The molecule has 0 saturated carbocycles. The van der Waals surface area contributed by atoms with Gasteiger partial charge in [0.25, 0.3) is 5.91 Å². The van der Waals surface area contributed by atoms with Gasteiger partial charge in [-0.25, -0.2) is 0 Å². The first kappa shape index (κ1) is 17.7. The van der Waals surface area contributed by atoms with Crippen molar-refractivity contribution in [1.29, 1.82) is 0 Å². The fourth-order valence-electron chi connectivity index (χ4n) is 2.98. The highest BCUT2D eigenvalue weighted by atomic mass is 32.1. The van der Waals surface area contributed by atoms with Crippen molar-refractivity contribution in [2.45, 2.75) is 46.5 Å². The molecule has 0 bridgehead atoms. The number of anilines is 2. The fraction of sp³-hybridized carbons (Fsp3) is 0.400. The highest BCUT2D eigenvalue weighted by Gasteiger charge is 2.26. The van der Waals surface area contributed by atoms with Crippen LogP contribution >= 0.6 is 11.3 Å². The Morgan fingerprint density at radius 2 is 1.72 bits per heavy atom. The lowest BCUT2D eigenvalue weighted by Crippen LogP contribution is -2.21. The molecule has 1 aromatic carbocycles. The molecule has 1 aromatic heterocycles. The molecule has 1 aliphatic carbocycles. The minimum absolute atomic E-state index is 0.0528. The highest BCUT2D eigenvalue weighted by Crippen LogP contribution is 2.38. The van der Waals surface area contributed by atoms with Crippen LogP contribution in [0.1, 0.15) is 53.1 Å². The molecule has 132 valence electrons. The molecule has 2 aromatic rings. The van der Waals surface area contributed by atoms with Crippen LogP contribution in [-0.4, -0.2) is 11.8 Å². The molecular formula is C20H24N2O2S. The number of amides is 2. The summed E-state index contributed by atoms with van der Waals surface area (Å²) >= 11 is 1.56. The number of hydrogen-bond donors (Lipinski definition) is 2. The van der Waals surface area contributed by atoms with Crippen molar-refractivity contribution in [1.82, 2.24) is 0 Å². The summed E-state index contributed by atoms with van der Waals surface area (Å²) in [4.78, 5) is 26.3. The molecule has 4 nitrogen and oxygen atoms in total. The average molecular weight is 356 g/mol. The molecule has 0 saturated heterocycles. The monoisotopic (exact) mass is 356 g/mol. The third-order valence-corrected chi connectivity index (χ3v) is 5.68. The molecule has 25 heavy (non-hydrogen) atoms. The molecule has 3 rings (SSSR count). The Hall–Kier alpha value is -2.14. The predicted molar refractivity (Wildman–Crippen MR) is 104 cm³/mol. The summed E-state index contributed by atoms with van der Waals surface area (Å²) in [6.45, 7) is 5.73. The van der Waals surface area contributed by atoms with E-state index in [1.807, 2.05) is 45.0 Å². The zero-order valence-corrected chi connectivity index (χ0v) is 15.8. The summed E-state index contributed by atoms with van der Waals surface area (Å²) in [7, 11) is 0. The van der Waals surface area contributed by atoms with Gasteiger partial charge in [-0.1, -0.05) is 31.5 Å². The van der Waals surface area contributed by atoms with Crippen molar-refractivity contribution in [3.63, 3.8) is 0 Å². The lowest BCUT2D eigenvalue weighted by Gasteiger charge is -2.14. The van der Waals surface area contributed by atoms with Gasteiger partial charge in [0, 0.05) is 16.5 Å². The number of aryl methyl sites for hydroxylation is 2. The summed E-state index contributed by atoms with van der Waals surface area (Å²) < 4.78 is 0. The van der Waals surface area contributed by atoms with Crippen molar-refractivity contribution in [2.24, 2.45) is 5.92 Å².